The van der Waals surface area contributed by atoms with Gasteiger partial charge in [0.15, 0.2) is 5.70 Å². The topological polar surface area (TPSA) is 99.0 Å². The number of aliphatic hydroxyl groups is 1. The number of rotatable bonds is 3. The summed E-state index contributed by atoms with van der Waals surface area (Å²) in [6.45, 7) is -0.602. The highest BCUT2D eigenvalue weighted by Gasteiger charge is 2.43. The summed E-state index contributed by atoms with van der Waals surface area (Å²) in [5, 5.41) is 20.5. The molecule has 6 nitrogen and oxygen atoms in total. The lowest BCUT2D eigenvalue weighted by molar-refractivity contribution is -0.137. The maximum atomic E-state index is 13.3. The highest BCUT2D eigenvalue weighted by molar-refractivity contribution is 8.00. The average molecular weight is 357 g/mol. The van der Waals surface area contributed by atoms with Crippen molar-refractivity contribution in [2.24, 2.45) is 4.99 Å². The predicted molar refractivity (Wildman–Crippen MR) is 82.4 cm³/mol. The van der Waals surface area contributed by atoms with Crippen LogP contribution in [0.15, 0.2) is 39.5 Å². The first-order valence-corrected chi connectivity index (χ1v) is 7.77. The highest BCUT2D eigenvalue weighted by Crippen LogP contribution is 2.51. The van der Waals surface area contributed by atoms with E-state index < -0.39 is 35.4 Å². The minimum atomic E-state index is -1.22. The number of amides is 1. The molecule has 0 aliphatic carbocycles. The number of aliphatic hydroxyl groups excluding tert-OH is 1. The average Bonchev–Trinajstić information content (AvgIpc) is 2.87. The Labute approximate surface area is 139 Å². The number of benzene rings is 1. The Bertz CT molecular complexity index is 780. The number of aliphatic imine (C=N–C) groups is 1. The van der Waals surface area contributed by atoms with Crippen LogP contribution in [0, 0.1) is 5.82 Å². The predicted octanol–water partition coefficient (Wildman–Crippen LogP) is 2.00. The summed E-state index contributed by atoms with van der Waals surface area (Å²) in [7, 11) is 0. The molecule has 1 aromatic rings. The van der Waals surface area contributed by atoms with Crippen LogP contribution >= 0.6 is 23.4 Å². The third-order valence-corrected chi connectivity index (χ3v) is 5.15. The number of carbonyl (C=O) groups is 2. The number of thioether (sulfide) groups is 1. The second-order valence-corrected chi connectivity index (χ2v) is 6.51. The number of fused-ring (bicyclic) bond motifs is 3. The largest absolute Gasteiger partial charge is 0.509 e. The lowest BCUT2D eigenvalue weighted by Crippen LogP contribution is -2.34. The molecular formula is C14H10ClFN2O4S. The zero-order chi connectivity index (χ0) is 16.7. The van der Waals surface area contributed by atoms with Crippen molar-refractivity contribution in [3.63, 3.8) is 0 Å². The Morgan fingerprint density at radius 3 is 2.87 bits per heavy atom. The smallest absolute Gasteiger partial charge is 0.322 e. The SMILES string of the molecule is O=C(O)CNC(=O)C1=C(O)C2Sc3cc(F)ccc3C2C(Cl)=N1. The fourth-order valence-electron chi connectivity index (χ4n) is 2.48. The molecule has 2 heterocycles. The number of carbonyl (C=O) groups excluding carboxylic acids is 1. The summed E-state index contributed by atoms with van der Waals surface area (Å²) in [4.78, 5) is 27.0. The number of aliphatic carboxylic acids is 1. The van der Waals surface area contributed by atoms with Crippen LogP contribution in [0.25, 0.3) is 0 Å². The van der Waals surface area contributed by atoms with Gasteiger partial charge in [-0.1, -0.05) is 17.7 Å². The van der Waals surface area contributed by atoms with Crippen LogP contribution in [0.4, 0.5) is 4.39 Å². The van der Waals surface area contributed by atoms with E-state index in [0.29, 0.717) is 4.90 Å². The number of hydrogen-bond acceptors (Lipinski definition) is 5. The third kappa shape index (κ3) is 2.79. The van der Waals surface area contributed by atoms with E-state index in [9.17, 15) is 19.1 Å². The molecule has 0 spiro atoms. The maximum Gasteiger partial charge on any atom is 0.322 e. The van der Waals surface area contributed by atoms with E-state index in [-0.39, 0.29) is 16.6 Å². The molecule has 0 fully saturated rings. The molecule has 2 aliphatic heterocycles. The molecule has 3 N–H and O–H groups in total. The van der Waals surface area contributed by atoms with Gasteiger partial charge < -0.3 is 15.5 Å². The molecule has 120 valence electrons. The summed E-state index contributed by atoms with van der Waals surface area (Å²) in [6.07, 6.45) is 0. The Morgan fingerprint density at radius 1 is 1.43 bits per heavy atom. The van der Waals surface area contributed by atoms with E-state index in [0.717, 1.165) is 5.56 Å². The van der Waals surface area contributed by atoms with Gasteiger partial charge in [0.05, 0.1) is 11.2 Å². The Balaban J connectivity index is 1.93. The van der Waals surface area contributed by atoms with Gasteiger partial charge in [-0.05, 0) is 17.7 Å². The van der Waals surface area contributed by atoms with Crippen LogP contribution in [0.3, 0.4) is 0 Å². The molecule has 0 aromatic heterocycles. The van der Waals surface area contributed by atoms with Gasteiger partial charge in [-0.15, -0.1) is 11.8 Å². The summed E-state index contributed by atoms with van der Waals surface area (Å²) in [5.74, 6) is -3.23. The number of halogens is 2. The summed E-state index contributed by atoms with van der Waals surface area (Å²) < 4.78 is 13.3. The lowest BCUT2D eigenvalue weighted by Gasteiger charge is -2.23. The zero-order valence-electron chi connectivity index (χ0n) is 11.4. The van der Waals surface area contributed by atoms with Crippen molar-refractivity contribution in [1.29, 1.82) is 0 Å². The van der Waals surface area contributed by atoms with Gasteiger partial charge in [0.25, 0.3) is 5.91 Å². The van der Waals surface area contributed by atoms with Crippen LogP contribution in [-0.4, -0.2) is 39.1 Å². The fraction of sp³-hybridized carbons (Fsp3) is 0.214. The van der Waals surface area contributed by atoms with Gasteiger partial charge in [-0.25, -0.2) is 9.38 Å². The molecule has 23 heavy (non-hydrogen) atoms. The van der Waals surface area contributed by atoms with Crippen LogP contribution < -0.4 is 5.32 Å². The lowest BCUT2D eigenvalue weighted by atomic mass is 9.93. The molecule has 1 amide bonds. The molecule has 3 rings (SSSR count). The Hall–Kier alpha value is -2.06. The molecule has 0 saturated heterocycles. The van der Waals surface area contributed by atoms with E-state index in [4.69, 9.17) is 16.7 Å². The minimum absolute atomic E-state index is 0.0890. The van der Waals surface area contributed by atoms with Gasteiger partial charge in [-0.2, -0.15) is 0 Å². The fourth-order valence-corrected chi connectivity index (χ4v) is 4.30. The number of carboxylic acids is 1. The quantitative estimate of drug-likeness (QED) is 0.769. The molecular weight excluding hydrogens is 347 g/mol. The molecule has 1 aromatic carbocycles. The van der Waals surface area contributed by atoms with Crippen molar-refractivity contribution in [2.45, 2.75) is 16.1 Å². The van der Waals surface area contributed by atoms with Gasteiger partial charge in [0.1, 0.15) is 23.3 Å². The minimum Gasteiger partial charge on any atom is -0.509 e. The molecule has 2 unspecified atom stereocenters. The second kappa shape index (κ2) is 5.86. The van der Waals surface area contributed by atoms with Crippen molar-refractivity contribution in [3.05, 3.63) is 41.0 Å². The highest BCUT2D eigenvalue weighted by atomic mass is 35.5. The van der Waals surface area contributed by atoms with E-state index in [1.807, 2.05) is 0 Å². The summed E-state index contributed by atoms with van der Waals surface area (Å²) >= 11 is 7.34. The van der Waals surface area contributed by atoms with E-state index in [1.165, 1.54) is 23.9 Å². The molecule has 9 heteroatoms. The van der Waals surface area contributed by atoms with Crippen LogP contribution in [0.5, 0.6) is 0 Å². The van der Waals surface area contributed by atoms with Gasteiger partial charge in [-0.3, -0.25) is 9.59 Å². The first kappa shape index (κ1) is 15.8. The third-order valence-electron chi connectivity index (χ3n) is 3.47. The Morgan fingerprint density at radius 2 is 2.17 bits per heavy atom. The molecule has 2 atom stereocenters. The van der Waals surface area contributed by atoms with Crippen molar-refractivity contribution in [3.8, 4) is 0 Å². The number of hydrogen-bond donors (Lipinski definition) is 3. The van der Waals surface area contributed by atoms with Crippen LogP contribution in [0.2, 0.25) is 0 Å². The summed E-state index contributed by atoms with van der Waals surface area (Å²) in [5.41, 5.74) is 0.407. The zero-order valence-corrected chi connectivity index (χ0v) is 13.0. The van der Waals surface area contributed by atoms with Crippen LogP contribution in [-0.2, 0) is 9.59 Å². The Kier molecular flexibility index (Phi) is 4.03. The molecule has 2 aliphatic rings. The first-order chi connectivity index (χ1) is 10.9. The molecule has 0 bridgehead atoms. The van der Waals surface area contributed by atoms with Gasteiger partial charge >= 0.3 is 5.97 Å². The molecule has 0 saturated carbocycles. The number of carboxylic acid groups (broad SMARTS) is 1. The van der Waals surface area contributed by atoms with E-state index >= 15 is 0 Å². The van der Waals surface area contributed by atoms with Crippen molar-refractivity contribution in [2.75, 3.05) is 6.54 Å². The van der Waals surface area contributed by atoms with Gasteiger partial charge in [0, 0.05) is 4.90 Å². The standard InChI is InChI=1S/C14H10ClFN2O4S/c15-13-9-6-2-1-5(16)3-7(6)23-12(9)11(21)10(18-13)14(22)17-4-8(19)20/h1-3,9,12,21H,4H2,(H,17,22)(H,19,20). The van der Waals surface area contributed by atoms with Gasteiger partial charge in [0.2, 0.25) is 0 Å². The number of nitrogens with zero attached hydrogens (tertiary/aromatic N) is 1. The first-order valence-electron chi connectivity index (χ1n) is 6.51. The second-order valence-electron chi connectivity index (χ2n) is 4.94. The molecule has 0 radical (unpaired) electrons. The van der Waals surface area contributed by atoms with E-state index in [2.05, 4.69) is 10.3 Å². The maximum absolute atomic E-state index is 13.3. The number of nitrogens with one attached hydrogen (secondary N) is 1. The summed E-state index contributed by atoms with van der Waals surface area (Å²) in [6, 6.07) is 4.20. The van der Waals surface area contributed by atoms with Crippen molar-refractivity contribution in [1.82, 2.24) is 5.32 Å². The van der Waals surface area contributed by atoms with Crippen LogP contribution in [0.1, 0.15) is 11.5 Å². The van der Waals surface area contributed by atoms with Crippen molar-refractivity contribution < 1.29 is 24.2 Å². The van der Waals surface area contributed by atoms with Crippen molar-refractivity contribution >= 4 is 40.4 Å². The normalized spacial score (nSPS) is 22.3. The monoisotopic (exact) mass is 356 g/mol. The van der Waals surface area contributed by atoms with E-state index in [1.54, 1.807) is 6.07 Å².